The Labute approximate surface area is 103 Å². The van der Waals surface area contributed by atoms with E-state index in [2.05, 4.69) is 20.7 Å². The summed E-state index contributed by atoms with van der Waals surface area (Å²) in [6.07, 6.45) is -0.156. The van der Waals surface area contributed by atoms with Crippen LogP contribution in [0.25, 0.3) is 0 Å². The molecule has 0 saturated heterocycles. The van der Waals surface area contributed by atoms with Crippen LogP contribution in [-0.4, -0.2) is 28.9 Å². The molecule has 0 radical (unpaired) electrons. The fourth-order valence-electron chi connectivity index (χ4n) is 1.24. The fraction of sp³-hybridized carbons (Fsp3) is 0.444. The quantitative estimate of drug-likeness (QED) is 0.764. The molecule has 0 aliphatic carbocycles. The van der Waals surface area contributed by atoms with Gasteiger partial charge in [-0.15, -0.1) is 0 Å². The zero-order chi connectivity index (χ0) is 13.0. The maximum Gasteiger partial charge on any atom is 0.425 e. The Balaban J connectivity index is 2.82. The molecular weight excluding hydrogens is 248 g/mol. The summed E-state index contributed by atoms with van der Waals surface area (Å²) >= 11 is 5.99. The molecule has 8 heteroatoms. The third kappa shape index (κ3) is 2.88. The zero-order valence-electron chi connectivity index (χ0n) is 9.70. The number of ether oxygens (including phenoxy) is 1. The molecule has 94 valence electrons. The van der Waals surface area contributed by atoms with E-state index in [-0.39, 0.29) is 10.7 Å². The van der Waals surface area contributed by atoms with E-state index in [0.717, 1.165) is 0 Å². The molecule has 0 spiro atoms. The lowest BCUT2D eigenvalue weighted by Crippen LogP contribution is -2.42. The van der Waals surface area contributed by atoms with Gasteiger partial charge in [-0.2, -0.15) is 5.10 Å². The monoisotopic (exact) mass is 260 g/mol. The average Bonchev–Trinajstić information content (AvgIpc) is 2.60. The first-order valence-electron chi connectivity index (χ1n) is 4.86. The molecule has 1 heterocycles. The summed E-state index contributed by atoms with van der Waals surface area (Å²) in [5.41, 5.74) is 5.01. The van der Waals surface area contributed by atoms with Gasteiger partial charge in [0, 0.05) is 7.05 Å². The van der Waals surface area contributed by atoms with Crippen LogP contribution >= 0.6 is 11.6 Å². The number of amides is 2. The van der Waals surface area contributed by atoms with E-state index in [1.165, 1.54) is 11.8 Å². The summed E-state index contributed by atoms with van der Waals surface area (Å²) in [7, 11) is 2.78. The Hall–Kier alpha value is -1.76. The number of aromatic nitrogens is 2. The summed E-state index contributed by atoms with van der Waals surface area (Å²) in [4.78, 5) is 22.5. The van der Waals surface area contributed by atoms with E-state index in [0.29, 0.717) is 12.1 Å². The van der Waals surface area contributed by atoms with E-state index in [4.69, 9.17) is 11.6 Å². The van der Waals surface area contributed by atoms with Crippen molar-refractivity contribution < 1.29 is 14.3 Å². The van der Waals surface area contributed by atoms with E-state index >= 15 is 0 Å². The lowest BCUT2D eigenvalue weighted by atomic mass is 10.3. The van der Waals surface area contributed by atoms with Crippen molar-refractivity contribution in [1.82, 2.24) is 20.6 Å². The first-order chi connectivity index (χ1) is 8.01. The predicted octanol–water partition coefficient (Wildman–Crippen LogP) is 0.637. The van der Waals surface area contributed by atoms with Crippen molar-refractivity contribution in [3.05, 3.63) is 16.4 Å². The van der Waals surface area contributed by atoms with Gasteiger partial charge in [0.05, 0.1) is 17.8 Å². The highest BCUT2D eigenvalue weighted by atomic mass is 35.5. The molecule has 0 aliphatic heterocycles. The fourth-order valence-corrected chi connectivity index (χ4v) is 1.62. The topological polar surface area (TPSA) is 85.3 Å². The van der Waals surface area contributed by atoms with Crippen molar-refractivity contribution >= 4 is 23.6 Å². The number of hydrazine groups is 1. The van der Waals surface area contributed by atoms with Crippen molar-refractivity contribution in [3.63, 3.8) is 0 Å². The maximum atomic E-state index is 11.7. The molecule has 2 amide bonds. The second-order valence-corrected chi connectivity index (χ2v) is 3.54. The number of aryl methyl sites for hydroxylation is 2. The molecule has 17 heavy (non-hydrogen) atoms. The second-order valence-electron chi connectivity index (χ2n) is 3.16. The van der Waals surface area contributed by atoms with Gasteiger partial charge in [-0.25, -0.2) is 10.2 Å². The van der Waals surface area contributed by atoms with Crippen molar-refractivity contribution in [1.29, 1.82) is 0 Å². The van der Waals surface area contributed by atoms with Crippen LogP contribution in [0.15, 0.2) is 0 Å². The number of rotatable bonds is 2. The van der Waals surface area contributed by atoms with Gasteiger partial charge in [0.1, 0.15) is 5.69 Å². The van der Waals surface area contributed by atoms with Crippen LogP contribution in [0.2, 0.25) is 5.02 Å². The molecule has 1 aromatic rings. The molecule has 0 aliphatic rings. The van der Waals surface area contributed by atoms with Crippen molar-refractivity contribution in [2.75, 3.05) is 7.11 Å². The predicted molar refractivity (Wildman–Crippen MR) is 60.6 cm³/mol. The second kappa shape index (κ2) is 5.53. The van der Waals surface area contributed by atoms with Crippen molar-refractivity contribution in [2.45, 2.75) is 13.3 Å². The zero-order valence-corrected chi connectivity index (χ0v) is 10.5. The first-order valence-corrected chi connectivity index (χ1v) is 5.24. The van der Waals surface area contributed by atoms with E-state index in [1.807, 2.05) is 6.92 Å². The third-order valence-electron chi connectivity index (χ3n) is 2.07. The van der Waals surface area contributed by atoms with Gasteiger partial charge in [-0.05, 0) is 6.42 Å². The summed E-state index contributed by atoms with van der Waals surface area (Å²) in [5, 5.41) is 4.35. The number of hydrogen-bond donors (Lipinski definition) is 2. The van der Waals surface area contributed by atoms with Crippen LogP contribution in [0.4, 0.5) is 4.79 Å². The lowest BCUT2D eigenvalue weighted by Gasteiger charge is -2.06. The first kappa shape index (κ1) is 13.3. The molecule has 0 bridgehead atoms. The highest BCUT2D eigenvalue weighted by Gasteiger charge is 2.20. The molecule has 0 fully saturated rings. The Kier molecular flexibility index (Phi) is 4.33. The minimum Gasteiger partial charge on any atom is -0.452 e. The van der Waals surface area contributed by atoms with Gasteiger partial charge in [0.2, 0.25) is 0 Å². The Morgan fingerprint density at radius 3 is 2.59 bits per heavy atom. The number of halogens is 1. The summed E-state index contributed by atoms with van der Waals surface area (Å²) < 4.78 is 5.66. The third-order valence-corrected chi connectivity index (χ3v) is 2.47. The molecule has 0 unspecified atom stereocenters. The van der Waals surface area contributed by atoms with Gasteiger partial charge < -0.3 is 4.74 Å². The standard InChI is InChI=1S/C9H13ClN4O3/c1-4-5-6(10)7(14(2)13-5)8(15)11-12-9(16)17-3/h4H2,1-3H3,(H,11,15)(H,12,16). The minimum absolute atomic E-state index is 0.180. The number of nitrogens with one attached hydrogen (secondary N) is 2. The molecule has 0 aromatic carbocycles. The molecule has 1 aromatic heterocycles. The normalized spacial score (nSPS) is 9.88. The van der Waals surface area contributed by atoms with Crippen molar-refractivity contribution in [2.24, 2.45) is 7.05 Å². The van der Waals surface area contributed by atoms with Crippen LogP contribution in [0.1, 0.15) is 23.1 Å². The molecule has 2 N–H and O–H groups in total. The summed E-state index contributed by atoms with van der Waals surface area (Å²) in [5.74, 6) is -0.560. The maximum absolute atomic E-state index is 11.7. The number of methoxy groups -OCH3 is 1. The number of hydrogen-bond acceptors (Lipinski definition) is 4. The number of nitrogens with zero attached hydrogens (tertiary/aromatic N) is 2. The molecular formula is C9H13ClN4O3. The minimum atomic E-state index is -0.771. The number of carbonyl (C=O) groups is 2. The van der Waals surface area contributed by atoms with Gasteiger partial charge in [-0.1, -0.05) is 18.5 Å². The van der Waals surface area contributed by atoms with Crippen LogP contribution < -0.4 is 10.9 Å². The molecule has 0 atom stereocenters. The van der Waals surface area contributed by atoms with Gasteiger partial charge in [-0.3, -0.25) is 14.9 Å². The van der Waals surface area contributed by atoms with Crippen LogP contribution in [0, 0.1) is 0 Å². The highest BCUT2D eigenvalue weighted by molar-refractivity contribution is 6.34. The van der Waals surface area contributed by atoms with Gasteiger partial charge in [0.15, 0.2) is 0 Å². The summed E-state index contributed by atoms with van der Waals surface area (Å²) in [6.45, 7) is 1.88. The Morgan fingerprint density at radius 2 is 2.12 bits per heavy atom. The van der Waals surface area contributed by atoms with Gasteiger partial charge >= 0.3 is 6.09 Å². The average molecular weight is 261 g/mol. The Bertz CT molecular complexity index is 444. The Morgan fingerprint density at radius 1 is 1.47 bits per heavy atom. The molecule has 7 nitrogen and oxygen atoms in total. The van der Waals surface area contributed by atoms with E-state index in [9.17, 15) is 9.59 Å². The smallest absolute Gasteiger partial charge is 0.425 e. The molecule has 1 rings (SSSR count). The summed E-state index contributed by atoms with van der Waals surface area (Å²) in [6, 6.07) is 0. The van der Waals surface area contributed by atoms with Gasteiger partial charge in [0.25, 0.3) is 5.91 Å². The van der Waals surface area contributed by atoms with Crippen molar-refractivity contribution in [3.8, 4) is 0 Å². The van der Waals surface area contributed by atoms with Crippen LogP contribution in [0.3, 0.4) is 0 Å². The SMILES string of the molecule is CCc1nn(C)c(C(=O)NNC(=O)OC)c1Cl. The largest absolute Gasteiger partial charge is 0.452 e. The lowest BCUT2D eigenvalue weighted by molar-refractivity contribution is 0.0911. The number of carbonyl (C=O) groups excluding carboxylic acids is 2. The molecule has 0 saturated carbocycles. The van der Waals surface area contributed by atoms with E-state index in [1.54, 1.807) is 7.05 Å². The van der Waals surface area contributed by atoms with Crippen LogP contribution in [-0.2, 0) is 18.2 Å². The van der Waals surface area contributed by atoms with Crippen LogP contribution in [0.5, 0.6) is 0 Å². The highest BCUT2D eigenvalue weighted by Crippen LogP contribution is 2.20. The van der Waals surface area contributed by atoms with E-state index < -0.39 is 12.0 Å².